The molecule has 0 aliphatic rings. The van der Waals surface area contributed by atoms with Crippen LogP contribution in [0.15, 0.2) is 18.2 Å². The Hall–Kier alpha value is -1.47. The van der Waals surface area contributed by atoms with E-state index in [1.165, 1.54) is 11.3 Å². The van der Waals surface area contributed by atoms with Gasteiger partial charge in [0.15, 0.2) is 5.13 Å². The summed E-state index contributed by atoms with van der Waals surface area (Å²) in [5, 5.41) is 3.30. The summed E-state index contributed by atoms with van der Waals surface area (Å²) in [6, 6.07) is 5.44. The van der Waals surface area contributed by atoms with E-state index in [1.54, 1.807) is 6.07 Å². The number of nitrogens with zero attached hydrogens (tertiary/aromatic N) is 1. The third kappa shape index (κ3) is 4.78. The highest BCUT2D eigenvalue weighted by molar-refractivity contribution is 7.85. The van der Waals surface area contributed by atoms with Crippen LogP contribution in [0.25, 0.3) is 10.2 Å². The third-order valence-electron chi connectivity index (χ3n) is 2.73. The number of thiazole rings is 1. The molecule has 21 heavy (non-hydrogen) atoms. The maximum atomic E-state index is 11.8. The van der Waals surface area contributed by atoms with Gasteiger partial charge in [0.1, 0.15) is 0 Å². The van der Waals surface area contributed by atoms with Crippen LogP contribution in [0.4, 0.5) is 10.8 Å². The number of fused-ring (bicyclic) bond motifs is 1. The van der Waals surface area contributed by atoms with E-state index in [-0.39, 0.29) is 12.3 Å². The molecule has 0 saturated carbocycles. The van der Waals surface area contributed by atoms with E-state index in [9.17, 15) is 9.00 Å². The van der Waals surface area contributed by atoms with Crippen LogP contribution in [0.1, 0.15) is 20.3 Å². The van der Waals surface area contributed by atoms with Crippen molar-refractivity contribution >= 4 is 49.1 Å². The molecule has 7 heteroatoms. The molecule has 1 unspecified atom stereocenters. The number of aromatic nitrogens is 1. The molecule has 0 bridgehead atoms. The van der Waals surface area contributed by atoms with Gasteiger partial charge in [0.2, 0.25) is 5.91 Å². The van der Waals surface area contributed by atoms with E-state index >= 15 is 0 Å². The van der Waals surface area contributed by atoms with Gasteiger partial charge in [0.25, 0.3) is 0 Å². The lowest BCUT2D eigenvalue weighted by Gasteiger charge is -2.04. The van der Waals surface area contributed by atoms with Crippen LogP contribution < -0.4 is 11.1 Å². The lowest BCUT2D eigenvalue weighted by molar-refractivity contribution is -0.115. The topological polar surface area (TPSA) is 85.1 Å². The van der Waals surface area contributed by atoms with Gasteiger partial charge in [-0.05, 0) is 24.1 Å². The lowest BCUT2D eigenvalue weighted by Crippen LogP contribution is -2.16. The number of hydrogen-bond donors (Lipinski definition) is 2. The summed E-state index contributed by atoms with van der Waals surface area (Å²) in [6.07, 6.45) is 0.247. The Balaban J connectivity index is 1.90. The van der Waals surface area contributed by atoms with Gasteiger partial charge in [-0.1, -0.05) is 25.2 Å². The second-order valence-corrected chi connectivity index (χ2v) is 7.90. The number of rotatable bonds is 6. The first kappa shape index (κ1) is 15.9. The molecule has 114 valence electrons. The lowest BCUT2D eigenvalue weighted by atomic mass is 10.3. The molecule has 2 rings (SSSR count). The minimum absolute atomic E-state index is 0.154. The van der Waals surface area contributed by atoms with Crippen molar-refractivity contribution in [1.29, 1.82) is 0 Å². The smallest absolute Gasteiger partial charge is 0.227 e. The van der Waals surface area contributed by atoms with Crippen molar-refractivity contribution < 1.29 is 9.00 Å². The first-order valence-corrected chi connectivity index (χ1v) is 9.05. The fourth-order valence-corrected chi connectivity index (χ4v) is 4.09. The van der Waals surface area contributed by atoms with E-state index in [0.717, 1.165) is 10.2 Å². The van der Waals surface area contributed by atoms with Crippen molar-refractivity contribution in [3.8, 4) is 0 Å². The highest BCUT2D eigenvalue weighted by Gasteiger charge is 2.10. The number of nitrogen functional groups attached to an aromatic ring is 1. The molecule has 3 N–H and O–H groups in total. The number of amides is 1. The number of nitrogens with one attached hydrogen (secondary N) is 1. The van der Waals surface area contributed by atoms with Gasteiger partial charge in [-0.15, -0.1) is 0 Å². The maximum absolute atomic E-state index is 11.8. The number of benzene rings is 1. The van der Waals surface area contributed by atoms with Gasteiger partial charge in [-0.25, -0.2) is 4.98 Å². The molecule has 1 aromatic carbocycles. The first-order valence-electron chi connectivity index (χ1n) is 6.75. The average molecular weight is 325 g/mol. The molecule has 0 spiro atoms. The number of anilines is 2. The van der Waals surface area contributed by atoms with E-state index in [0.29, 0.717) is 28.2 Å². The number of carbonyl (C=O) groups excluding carboxylic acids is 1. The summed E-state index contributed by atoms with van der Waals surface area (Å²) in [5.41, 5.74) is 7.20. The summed E-state index contributed by atoms with van der Waals surface area (Å²) >= 11 is 1.39. The van der Waals surface area contributed by atoms with E-state index < -0.39 is 10.8 Å². The number of nitrogens with two attached hydrogens (primary N) is 1. The molecule has 0 radical (unpaired) electrons. The molecular formula is C14H19N3O2S2. The summed E-state index contributed by atoms with van der Waals surface area (Å²) in [5.74, 6) is 1.25. The van der Waals surface area contributed by atoms with Gasteiger partial charge in [0.05, 0.1) is 10.2 Å². The Labute approximate surface area is 130 Å². The molecule has 0 aliphatic heterocycles. The van der Waals surface area contributed by atoms with Gasteiger partial charge in [-0.2, -0.15) is 0 Å². The molecule has 5 nitrogen and oxygen atoms in total. The van der Waals surface area contributed by atoms with Crippen LogP contribution in [0.2, 0.25) is 0 Å². The van der Waals surface area contributed by atoms with Crippen molar-refractivity contribution in [2.24, 2.45) is 5.92 Å². The summed E-state index contributed by atoms with van der Waals surface area (Å²) < 4.78 is 12.6. The van der Waals surface area contributed by atoms with Crippen molar-refractivity contribution in [1.82, 2.24) is 4.98 Å². The minimum atomic E-state index is -0.941. The molecule has 0 fully saturated rings. The van der Waals surface area contributed by atoms with Crippen molar-refractivity contribution in [2.75, 3.05) is 22.6 Å². The Morgan fingerprint density at radius 3 is 2.95 bits per heavy atom. The van der Waals surface area contributed by atoms with E-state index in [1.807, 2.05) is 26.0 Å². The zero-order valence-corrected chi connectivity index (χ0v) is 13.7. The fourth-order valence-electron chi connectivity index (χ4n) is 1.84. The molecule has 2 aromatic rings. The average Bonchev–Trinajstić information content (AvgIpc) is 2.76. The SMILES string of the molecule is CC(C)CS(=O)CCC(=O)Nc1nc2ccc(N)cc2s1. The van der Waals surface area contributed by atoms with Crippen LogP contribution in [0.5, 0.6) is 0 Å². The molecule has 0 saturated heterocycles. The quantitative estimate of drug-likeness (QED) is 0.800. The normalized spacial score (nSPS) is 12.7. The van der Waals surface area contributed by atoms with Gasteiger partial charge in [0, 0.05) is 34.4 Å². The van der Waals surface area contributed by atoms with Crippen LogP contribution in [0, 0.1) is 5.92 Å². The number of carbonyl (C=O) groups is 1. The van der Waals surface area contributed by atoms with Crippen LogP contribution >= 0.6 is 11.3 Å². The van der Waals surface area contributed by atoms with E-state index in [4.69, 9.17) is 5.73 Å². The summed E-state index contributed by atoms with van der Waals surface area (Å²) in [7, 11) is -0.941. The monoisotopic (exact) mass is 325 g/mol. The highest BCUT2D eigenvalue weighted by atomic mass is 32.2. The molecular weight excluding hydrogens is 306 g/mol. The molecule has 1 amide bonds. The Morgan fingerprint density at radius 2 is 2.24 bits per heavy atom. The van der Waals surface area contributed by atoms with Crippen LogP contribution in [-0.2, 0) is 15.6 Å². The number of hydrogen-bond acceptors (Lipinski definition) is 5. The van der Waals surface area contributed by atoms with Gasteiger partial charge in [-0.3, -0.25) is 9.00 Å². The first-order chi connectivity index (χ1) is 9.94. The van der Waals surface area contributed by atoms with Crippen LogP contribution in [-0.4, -0.2) is 26.6 Å². The second-order valence-electron chi connectivity index (χ2n) is 5.25. The molecule has 1 atom stereocenters. The zero-order valence-electron chi connectivity index (χ0n) is 12.1. The minimum Gasteiger partial charge on any atom is -0.399 e. The Morgan fingerprint density at radius 1 is 1.48 bits per heavy atom. The standard InChI is InChI=1S/C14H19N3O2S2/c1-9(2)8-21(19)6-5-13(18)17-14-16-11-4-3-10(15)7-12(11)20-14/h3-4,7,9H,5-6,8,15H2,1-2H3,(H,16,17,18). The van der Waals surface area contributed by atoms with Gasteiger partial charge < -0.3 is 11.1 Å². The Bertz CT molecular complexity index is 667. The highest BCUT2D eigenvalue weighted by Crippen LogP contribution is 2.27. The van der Waals surface area contributed by atoms with E-state index in [2.05, 4.69) is 10.3 Å². The predicted octanol–water partition coefficient (Wildman–Crippen LogP) is 2.61. The van der Waals surface area contributed by atoms with Crippen LogP contribution in [0.3, 0.4) is 0 Å². The summed E-state index contributed by atoms with van der Waals surface area (Å²) in [6.45, 7) is 4.04. The Kier molecular flexibility index (Phi) is 5.30. The van der Waals surface area contributed by atoms with Crippen molar-refractivity contribution in [3.63, 3.8) is 0 Å². The molecule has 0 aliphatic carbocycles. The van der Waals surface area contributed by atoms with Crippen molar-refractivity contribution in [2.45, 2.75) is 20.3 Å². The third-order valence-corrected chi connectivity index (χ3v) is 5.37. The van der Waals surface area contributed by atoms with Gasteiger partial charge >= 0.3 is 0 Å². The second kappa shape index (κ2) is 7.00. The zero-order chi connectivity index (χ0) is 15.4. The predicted molar refractivity (Wildman–Crippen MR) is 90.0 cm³/mol. The summed E-state index contributed by atoms with van der Waals surface area (Å²) in [4.78, 5) is 16.2. The molecule has 1 heterocycles. The fraction of sp³-hybridized carbons (Fsp3) is 0.429. The molecule has 1 aromatic heterocycles. The largest absolute Gasteiger partial charge is 0.399 e. The maximum Gasteiger partial charge on any atom is 0.227 e. The van der Waals surface area contributed by atoms with Crippen molar-refractivity contribution in [3.05, 3.63) is 18.2 Å².